The van der Waals surface area contributed by atoms with Crippen LogP contribution in [0.15, 0.2) is 23.2 Å². The SMILES string of the molecule is COCCn1c(=NC(=O)CN2C(=O)CCC2=O)sc2cc(OC)ccc21. The number of amides is 3. The van der Waals surface area contributed by atoms with Crippen molar-refractivity contribution in [1.29, 1.82) is 0 Å². The van der Waals surface area contributed by atoms with Crippen molar-refractivity contribution in [3.63, 3.8) is 0 Å². The maximum Gasteiger partial charge on any atom is 0.268 e. The van der Waals surface area contributed by atoms with Crippen LogP contribution in [-0.4, -0.2) is 54.6 Å². The predicted octanol–water partition coefficient (Wildman–Crippen LogP) is 0.934. The molecule has 2 aromatic rings. The van der Waals surface area contributed by atoms with Crippen LogP contribution in [-0.2, 0) is 25.7 Å². The maximum atomic E-state index is 12.3. The second-order valence-electron chi connectivity index (χ2n) is 5.74. The summed E-state index contributed by atoms with van der Waals surface area (Å²) in [5, 5.41) is 0. The first-order valence-electron chi connectivity index (χ1n) is 8.10. The topological polar surface area (TPSA) is 90.2 Å². The summed E-state index contributed by atoms with van der Waals surface area (Å²) in [5.74, 6) is -0.471. The van der Waals surface area contributed by atoms with Crippen LogP contribution in [0.5, 0.6) is 5.75 Å². The Morgan fingerprint density at radius 3 is 2.62 bits per heavy atom. The van der Waals surface area contributed by atoms with Crippen LogP contribution in [0.4, 0.5) is 0 Å². The average molecular weight is 377 g/mol. The molecular formula is C17H19N3O5S. The number of carbonyl (C=O) groups is 3. The van der Waals surface area contributed by atoms with Crippen molar-refractivity contribution in [2.24, 2.45) is 4.99 Å². The number of nitrogens with zero attached hydrogens (tertiary/aromatic N) is 3. The van der Waals surface area contributed by atoms with E-state index in [1.165, 1.54) is 11.3 Å². The molecule has 8 nitrogen and oxygen atoms in total. The minimum absolute atomic E-state index is 0.155. The van der Waals surface area contributed by atoms with Crippen LogP contribution in [0.1, 0.15) is 12.8 Å². The smallest absolute Gasteiger partial charge is 0.268 e. The van der Waals surface area contributed by atoms with E-state index in [1.807, 2.05) is 22.8 Å². The van der Waals surface area contributed by atoms with E-state index in [2.05, 4.69) is 4.99 Å². The summed E-state index contributed by atoms with van der Waals surface area (Å²) in [6, 6.07) is 5.61. The zero-order valence-electron chi connectivity index (χ0n) is 14.6. The van der Waals surface area contributed by atoms with Crippen LogP contribution in [0.25, 0.3) is 10.2 Å². The molecule has 3 rings (SSSR count). The number of methoxy groups -OCH3 is 2. The molecule has 1 saturated heterocycles. The van der Waals surface area contributed by atoms with Crippen molar-refractivity contribution < 1.29 is 23.9 Å². The first-order chi connectivity index (χ1) is 12.5. The molecule has 1 aliphatic heterocycles. The number of imide groups is 1. The molecule has 3 amide bonds. The Kier molecular flexibility index (Phi) is 5.48. The van der Waals surface area contributed by atoms with Gasteiger partial charge >= 0.3 is 0 Å². The Labute approximate surface area is 153 Å². The van der Waals surface area contributed by atoms with Crippen LogP contribution in [0.2, 0.25) is 0 Å². The molecule has 138 valence electrons. The van der Waals surface area contributed by atoms with Crippen LogP contribution in [0.3, 0.4) is 0 Å². The zero-order chi connectivity index (χ0) is 18.7. The summed E-state index contributed by atoms with van der Waals surface area (Å²) in [5.41, 5.74) is 0.910. The van der Waals surface area contributed by atoms with Crippen molar-refractivity contribution in [2.45, 2.75) is 19.4 Å². The van der Waals surface area contributed by atoms with Gasteiger partial charge in [0, 0.05) is 26.5 Å². The van der Waals surface area contributed by atoms with E-state index in [9.17, 15) is 14.4 Å². The van der Waals surface area contributed by atoms with Crippen molar-refractivity contribution in [2.75, 3.05) is 27.4 Å². The number of hydrogen-bond donors (Lipinski definition) is 0. The first kappa shape index (κ1) is 18.3. The predicted molar refractivity (Wildman–Crippen MR) is 94.8 cm³/mol. The number of fused-ring (bicyclic) bond motifs is 1. The largest absolute Gasteiger partial charge is 0.497 e. The van der Waals surface area contributed by atoms with Crippen molar-refractivity contribution >= 4 is 39.3 Å². The highest BCUT2D eigenvalue weighted by Crippen LogP contribution is 2.23. The molecule has 1 aromatic carbocycles. The minimum atomic E-state index is -0.529. The fourth-order valence-corrected chi connectivity index (χ4v) is 3.84. The second kappa shape index (κ2) is 7.79. The number of rotatable bonds is 6. The summed E-state index contributed by atoms with van der Waals surface area (Å²) < 4.78 is 13.2. The van der Waals surface area contributed by atoms with Gasteiger partial charge in [-0.15, -0.1) is 0 Å². The molecule has 26 heavy (non-hydrogen) atoms. The molecule has 1 aliphatic rings. The summed E-state index contributed by atoms with van der Waals surface area (Å²) in [6.07, 6.45) is 0.311. The van der Waals surface area contributed by atoms with Gasteiger partial charge in [-0.2, -0.15) is 4.99 Å². The van der Waals surface area contributed by atoms with Gasteiger partial charge < -0.3 is 14.0 Å². The third kappa shape index (κ3) is 3.68. The van der Waals surface area contributed by atoms with Crippen LogP contribution >= 0.6 is 11.3 Å². The Morgan fingerprint density at radius 2 is 1.96 bits per heavy atom. The average Bonchev–Trinajstić information content (AvgIpc) is 3.13. The highest BCUT2D eigenvalue weighted by atomic mass is 32.1. The van der Waals surface area contributed by atoms with Gasteiger partial charge in [-0.25, -0.2) is 0 Å². The van der Waals surface area contributed by atoms with E-state index in [0.717, 1.165) is 15.1 Å². The van der Waals surface area contributed by atoms with Crippen LogP contribution in [0, 0.1) is 0 Å². The Hall–Kier alpha value is -2.52. The minimum Gasteiger partial charge on any atom is -0.497 e. The number of thiazole rings is 1. The van der Waals surface area contributed by atoms with Gasteiger partial charge in [0.05, 0.1) is 23.9 Å². The standard InChI is InChI=1S/C17H19N3O5S/c1-24-8-7-19-12-4-3-11(25-2)9-13(12)26-17(19)18-14(21)10-20-15(22)5-6-16(20)23/h3-4,9H,5-8,10H2,1-2H3. The van der Waals surface area contributed by atoms with Crippen molar-refractivity contribution in [3.05, 3.63) is 23.0 Å². The van der Waals surface area contributed by atoms with Gasteiger partial charge in [-0.3, -0.25) is 19.3 Å². The molecular weight excluding hydrogens is 358 g/mol. The lowest BCUT2D eigenvalue weighted by molar-refractivity contribution is -0.141. The van der Waals surface area contributed by atoms with Gasteiger partial charge in [-0.05, 0) is 18.2 Å². The van der Waals surface area contributed by atoms with E-state index in [0.29, 0.717) is 23.7 Å². The van der Waals surface area contributed by atoms with E-state index >= 15 is 0 Å². The highest BCUT2D eigenvalue weighted by molar-refractivity contribution is 7.16. The lowest BCUT2D eigenvalue weighted by Crippen LogP contribution is -2.34. The quantitative estimate of drug-likeness (QED) is 0.699. The van der Waals surface area contributed by atoms with Gasteiger partial charge in [0.2, 0.25) is 11.8 Å². The molecule has 9 heteroatoms. The molecule has 0 bridgehead atoms. The maximum absolute atomic E-state index is 12.3. The van der Waals surface area contributed by atoms with Gasteiger partial charge in [0.25, 0.3) is 5.91 Å². The Morgan fingerprint density at radius 1 is 1.23 bits per heavy atom. The molecule has 0 atom stereocenters. The number of hydrogen-bond acceptors (Lipinski definition) is 6. The lowest BCUT2D eigenvalue weighted by atomic mass is 10.3. The summed E-state index contributed by atoms with van der Waals surface area (Å²) in [7, 11) is 3.19. The molecule has 0 spiro atoms. The second-order valence-corrected chi connectivity index (χ2v) is 6.75. The first-order valence-corrected chi connectivity index (χ1v) is 8.92. The van der Waals surface area contributed by atoms with Crippen molar-refractivity contribution in [3.8, 4) is 5.75 Å². The normalized spacial score (nSPS) is 15.3. The number of benzene rings is 1. The van der Waals surface area contributed by atoms with Gasteiger partial charge in [-0.1, -0.05) is 11.3 Å². The molecule has 0 radical (unpaired) electrons. The molecule has 0 unspecified atom stereocenters. The molecule has 1 fully saturated rings. The number of aromatic nitrogens is 1. The lowest BCUT2D eigenvalue weighted by Gasteiger charge is -2.10. The number of carbonyl (C=O) groups excluding carboxylic acids is 3. The molecule has 0 N–H and O–H groups in total. The third-order valence-corrected chi connectivity index (χ3v) is 5.12. The van der Waals surface area contributed by atoms with E-state index < -0.39 is 5.91 Å². The van der Waals surface area contributed by atoms with Gasteiger partial charge in [0.15, 0.2) is 4.80 Å². The molecule has 0 aliphatic carbocycles. The van der Waals surface area contributed by atoms with Crippen molar-refractivity contribution in [1.82, 2.24) is 9.47 Å². The fraction of sp³-hybridized carbons (Fsp3) is 0.412. The van der Waals surface area contributed by atoms with E-state index in [-0.39, 0.29) is 31.2 Å². The summed E-state index contributed by atoms with van der Waals surface area (Å²) >= 11 is 1.34. The fourth-order valence-electron chi connectivity index (χ4n) is 2.74. The van der Waals surface area contributed by atoms with Gasteiger partial charge in [0.1, 0.15) is 12.3 Å². The van der Waals surface area contributed by atoms with Crippen LogP contribution < -0.4 is 9.54 Å². The number of ether oxygens (including phenoxy) is 2. The Bertz CT molecular complexity index is 914. The Balaban J connectivity index is 1.96. The summed E-state index contributed by atoms with van der Waals surface area (Å²) in [6.45, 7) is 0.665. The molecule has 2 heterocycles. The monoisotopic (exact) mass is 377 g/mol. The third-order valence-electron chi connectivity index (χ3n) is 4.08. The van der Waals surface area contributed by atoms with E-state index in [1.54, 1.807) is 14.2 Å². The highest BCUT2D eigenvalue weighted by Gasteiger charge is 2.30. The number of likely N-dealkylation sites (tertiary alicyclic amines) is 1. The summed E-state index contributed by atoms with van der Waals surface area (Å²) in [4.78, 5) is 41.3. The van der Waals surface area contributed by atoms with E-state index in [4.69, 9.17) is 9.47 Å². The molecule has 1 aromatic heterocycles. The molecule has 0 saturated carbocycles. The zero-order valence-corrected chi connectivity index (χ0v) is 15.4.